The lowest BCUT2D eigenvalue weighted by Crippen LogP contribution is -2.48. The quantitative estimate of drug-likeness (QED) is 0.932. The second-order valence-corrected chi connectivity index (χ2v) is 6.43. The van der Waals surface area contributed by atoms with Gasteiger partial charge in [0.15, 0.2) is 5.13 Å². The molecule has 7 heteroatoms. The molecule has 0 radical (unpaired) electrons. The number of hydrogen-bond donors (Lipinski definition) is 1. The molecule has 0 unspecified atom stereocenters. The van der Waals surface area contributed by atoms with Crippen LogP contribution in [-0.2, 0) is 4.79 Å². The number of thiazole rings is 1. The van der Waals surface area contributed by atoms with Crippen LogP contribution in [0.2, 0.25) is 0 Å². The summed E-state index contributed by atoms with van der Waals surface area (Å²) < 4.78 is 13.1. The summed E-state index contributed by atoms with van der Waals surface area (Å²) in [6.07, 6.45) is 0. The number of rotatable bonds is 4. The van der Waals surface area contributed by atoms with Crippen LogP contribution in [0.25, 0.3) is 0 Å². The molecule has 1 aliphatic rings. The number of hydrogen-bond acceptors (Lipinski definition) is 5. The molecule has 1 aromatic heterocycles. The number of piperazine rings is 1. The van der Waals surface area contributed by atoms with E-state index in [2.05, 4.69) is 20.1 Å². The molecule has 1 aliphatic heterocycles. The third-order valence-corrected chi connectivity index (χ3v) is 4.74. The maximum absolute atomic E-state index is 13.1. The fraction of sp³-hybridized carbons (Fsp3) is 0.375. The van der Waals surface area contributed by atoms with E-state index in [0.717, 1.165) is 37.0 Å². The van der Waals surface area contributed by atoms with Crippen LogP contribution in [0.15, 0.2) is 29.6 Å². The maximum Gasteiger partial charge on any atom is 0.238 e. The van der Waals surface area contributed by atoms with Crippen LogP contribution < -0.4 is 10.2 Å². The van der Waals surface area contributed by atoms with Gasteiger partial charge >= 0.3 is 0 Å². The summed E-state index contributed by atoms with van der Waals surface area (Å²) in [7, 11) is 0. The molecule has 0 saturated carbocycles. The second kappa shape index (κ2) is 7.06. The van der Waals surface area contributed by atoms with Crippen LogP contribution in [0.3, 0.4) is 0 Å². The van der Waals surface area contributed by atoms with E-state index in [1.165, 1.54) is 12.1 Å². The Morgan fingerprint density at radius 2 is 2.13 bits per heavy atom. The molecule has 5 nitrogen and oxygen atoms in total. The molecule has 0 bridgehead atoms. The zero-order valence-electron chi connectivity index (χ0n) is 13.0. The Labute approximate surface area is 138 Å². The summed E-state index contributed by atoms with van der Waals surface area (Å²) in [6, 6.07) is 5.94. The third-order valence-electron chi connectivity index (χ3n) is 3.73. The molecular formula is C16H19FN4OS. The standard InChI is InChI=1S/C16H19FN4OS/c1-12-11-23-16(18-12)21-7-5-20(6-8-21)10-15(22)19-14-4-2-3-13(17)9-14/h2-4,9,11H,5-8,10H2,1H3,(H,19,22). The molecule has 122 valence electrons. The smallest absolute Gasteiger partial charge is 0.238 e. The summed E-state index contributed by atoms with van der Waals surface area (Å²) in [5, 5.41) is 5.83. The first-order chi connectivity index (χ1) is 11.1. The summed E-state index contributed by atoms with van der Waals surface area (Å²) >= 11 is 1.66. The topological polar surface area (TPSA) is 48.5 Å². The molecule has 0 spiro atoms. The number of carbonyl (C=O) groups excluding carboxylic acids is 1. The van der Waals surface area contributed by atoms with E-state index in [4.69, 9.17) is 0 Å². The van der Waals surface area contributed by atoms with Gasteiger partial charge in [-0.05, 0) is 25.1 Å². The van der Waals surface area contributed by atoms with E-state index in [-0.39, 0.29) is 11.7 Å². The van der Waals surface area contributed by atoms with Gasteiger partial charge in [0.1, 0.15) is 5.82 Å². The van der Waals surface area contributed by atoms with Crippen LogP contribution in [0, 0.1) is 12.7 Å². The van der Waals surface area contributed by atoms with Crippen molar-refractivity contribution in [1.29, 1.82) is 0 Å². The number of nitrogens with one attached hydrogen (secondary N) is 1. The van der Waals surface area contributed by atoms with Crippen molar-refractivity contribution in [2.24, 2.45) is 0 Å². The largest absolute Gasteiger partial charge is 0.346 e. The number of benzene rings is 1. The average molecular weight is 334 g/mol. The summed E-state index contributed by atoms with van der Waals surface area (Å²) in [4.78, 5) is 20.9. The number of carbonyl (C=O) groups is 1. The van der Waals surface area contributed by atoms with Gasteiger partial charge in [0.05, 0.1) is 12.2 Å². The van der Waals surface area contributed by atoms with Crippen LogP contribution in [0.5, 0.6) is 0 Å². The van der Waals surface area contributed by atoms with Gasteiger partial charge in [-0.2, -0.15) is 0 Å². The van der Waals surface area contributed by atoms with Crippen molar-refractivity contribution in [3.8, 4) is 0 Å². The highest BCUT2D eigenvalue weighted by molar-refractivity contribution is 7.13. The lowest BCUT2D eigenvalue weighted by Gasteiger charge is -2.34. The first-order valence-electron chi connectivity index (χ1n) is 7.55. The fourth-order valence-electron chi connectivity index (χ4n) is 2.55. The van der Waals surface area contributed by atoms with Crippen LogP contribution in [0.1, 0.15) is 5.69 Å². The van der Waals surface area contributed by atoms with Crippen molar-refractivity contribution >= 4 is 28.1 Å². The van der Waals surface area contributed by atoms with E-state index in [1.807, 2.05) is 12.3 Å². The van der Waals surface area contributed by atoms with Crippen LogP contribution >= 0.6 is 11.3 Å². The number of amides is 1. The normalized spacial score (nSPS) is 15.7. The Morgan fingerprint density at radius 3 is 2.78 bits per heavy atom. The van der Waals surface area contributed by atoms with Crippen molar-refractivity contribution < 1.29 is 9.18 Å². The van der Waals surface area contributed by atoms with Gasteiger partial charge in [0.2, 0.25) is 5.91 Å². The van der Waals surface area contributed by atoms with Crippen molar-refractivity contribution in [3.63, 3.8) is 0 Å². The summed E-state index contributed by atoms with van der Waals surface area (Å²) in [5.74, 6) is -0.468. The molecule has 1 aromatic carbocycles. The number of halogens is 1. The minimum Gasteiger partial charge on any atom is -0.346 e. The first-order valence-corrected chi connectivity index (χ1v) is 8.43. The number of aryl methyl sites for hydroxylation is 1. The summed E-state index contributed by atoms with van der Waals surface area (Å²) in [5.41, 5.74) is 1.54. The van der Waals surface area contributed by atoms with Gasteiger partial charge in [-0.3, -0.25) is 9.69 Å². The van der Waals surface area contributed by atoms with Crippen molar-refractivity contribution in [1.82, 2.24) is 9.88 Å². The minimum absolute atomic E-state index is 0.117. The van der Waals surface area contributed by atoms with Crippen molar-refractivity contribution in [3.05, 3.63) is 41.2 Å². The SMILES string of the molecule is Cc1csc(N2CCN(CC(=O)Nc3cccc(F)c3)CC2)n1. The van der Waals surface area contributed by atoms with Gasteiger partial charge in [0, 0.05) is 37.2 Å². The lowest BCUT2D eigenvalue weighted by molar-refractivity contribution is -0.117. The highest BCUT2D eigenvalue weighted by atomic mass is 32.1. The molecule has 1 saturated heterocycles. The number of nitrogens with zero attached hydrogens (tertiary/aromatic N) is 3. The van der Waals surface area contributed by atoms with Gasteiger partial charge in [-0.15, -0.1) is 11.3 Å². The maximum atomic E-state index is 13.1. The predicted octanol–water partition coefficient (Wildman–Crippen LogP) is 2.35. The monoisotopic (exact) mass is 334 g/mol. The Hall–Kier alpha value is -1.99. The number of anilines is 2. The predicted molar refractivity (Wildman–Crippen MR) is 90.5 cm³/mol. The van der Waals surface area contributed by atoms with E-state index < -0.39 is 0 Å². The molecule has 2 aromatic rings. The molecule has 2 heterocycles. The Bertz CT molecular complexity index is 682. The molecule has 3 rings (SSSR count). The third kappa shape index (κ3) is 4.27. The highest BCUT2D eigenvalue weighted by Gasteiger charge is 2.20. The fourth-order valence-corrected chi connectivity index (χ4v) is 3.41. The van der Waals surface area contributed by atoms with Crippen molar-refractivity contribution in [2.75, 3.05) is 42.9 Å². The molecule has 0 atom stereocenters. The molecule has 1 fully saturated rings. The molecule has 1 N–H and O–H groups in total. The molecule has 23 heavy (non-hydrogen) atoms. The number of aromatic nitrogens is 1. The van der Waals surface area contributed by atoms with E-state index >= 15 is 0 Å². The van der Waals surface area contributed by atoms with Crippen LogP contribution in [0.4, 0.5) is 15.2 Å². The first kappa shape index (κ1) is 15.9. The molecule has 0 aliphatic carbocycles. The van der Waals surface area contributed by atoms with Gasteiger partial charge < -0.3 is 10.2 Å². The van der Waals surface area contributed by atoms with E-state index in [9.17, 15) is 9.18 Å². The zero-order chi connectivity index (χ0) is 16.2. The van der Waals surface area contributed by atoms with Gasteiger partial charge in [0.25, 0.3) is 0 Å². The molecule has 1 amide bonds. The summed E-state index contributed by atoms with van der Waals surface area (Å²) in [6.45, 7) is 5.67. The molecular weight excluding hydrogens is 315 g/mol. The Balaban J connectivity index is 1.47. The van der Waals surface area contributed by atoms with Crippen molar-refractivity contribution in [2.45, 2.75) is 6.92 Å². The Kier molecular flexibility index (Phi) is 4.88. The van der Waals surface area contributed by atoms with E-state index in [1.54, 1.807) is 23.5 Å². The highest BCUT2D eigenvalue weighted by Crippen LogP contribution is 2.21. The second-order valence-electron chi connectivity index (χ2n) is 5.59. The minimum atomic E-state index is -0.352. The van der Waals surface area contributed by atoms with E-state index in [0.29, 0.717) is 12.2 Å². The van der Waals surface area contributed by atoms with Gasteiger partial charge in [-0.1, -0.05) is 6.07 Å². The average Bonchev–Trinajstić information content (AvgIpc) is 2.94. The lowest BCUT2D eigenvalue weighted by atomic mass is 10.3. The van der Waals surface area contributed by atoms with Gasteiger partial charge in [-0.25, -0.2) is 9.37 Å². The van der Waals surface area contributed by atoms with Crippen LogP contribution in [-0.4, -0.2) is 48.5 Å². The Morgan fingerprint density at radius 1 is 1.35 bits per heavy atom. The zero-order valence-corrected chi connectivity index (χ0v) is 13.8.